The molecule has 0 bridgehead atoms. The van der Waals surface area contributed by atoms with Crippen molar-refractivity contribution in [3.05, 3.63) is 29.8 Å². The Balaban J connectivity index is 1.99. The molecule has 1 aliphatic carbocycles. The van der Waals surface area contributed by atoms with Gasteiger partial charge >= 0.3 is 0 Å². The van der Waals surface area contributed by atoms with Crippen molar-refractivity contribution in [2.45, 2.75) is 25.0 Å². The molecule has 0 amide bonds. The minimum atomic E-state index is -0.574. The summed E-state index contributed by atoms with van der Waals surface area (Å²) in [5.41, 5.74) is 0.278. The Bertz CT molecular complexity index is 434. The topological polar surface area (TPSA) is 65.3 Å². The van der Waals surface area contributed by atoms with E-state index in [9.17, 15) is 5.26 Å². The Labute approximate surface area is 107 Å². The van der Waals surface area contributed by atoms with Gasteiger partial charge in [0.15, 0.2) is 0 Å². The summed E-state index contributed by atoms with van der Waals surface area (Å²) in [5.74, 6) is 1.12. The molecule has 96 valence electrons. The van der Waals surface area contributed by atoms with Gasteiger partial charge in [0.05, 0.1) is 12.7 Å². The lowest BCUT2D eigenvalue weighted by Gasteiger charge is -2.25. The van der Waals surface area contributed by atoms with E-state index in [4.69, 9.17) is 9.84 Å². The molecule has 1 saturated carbocycles. The second kappa shape index (κ2) is 5.38. The van der Waals surface area contributed by atoms with Gasteiger partial charge in [-0.15, -0.1) is 0 Å². The third kappa shape index (κ3) is 2.63. The number of benzene rings is 1. The fraction of sp³-hybridized carbons (Fsp3) is 0.500. The summed E-state index contributed by atoms with van der Waals surface area (Å²) in [7, 11) is 1.81. The highest BCUT2D eigenvalue weighted by Gasteiger charge is 2.45. The fourth-order valence-electron chi connectivity index (χ4n) is 2.04. The minimum absolute atomic E-state index is 0.0288. The maximum absolute atomic E-state index is 9.32. The maximum atomic E-state index is 9.32. The number of hydrogen-bond acceptors (Lipinski definition) is 4. The predicted molar refractivity (Wildman–Crippen MR) is 68.0 cm³/mol. The van der Waals surface area contributed by atoms with Gasteiger partial charge in [-0.1, -0.05) is 12.1 Å². The van der Waals surface area contributed by atoms with Crippen molar-refractivity contribution in [3.8, 4) is 11.8 Å². The number of nitrogens with zero attached hydrogens (tertiary/aromatic N) is 1. The van der Waals surface area contributed by atoms with Crippen LogP contribution in [0.25, 0.3) is 0 Å². The third-order valence-electron chi connectivity index (χ3n) is 3.49. The molecule has 1 aliphatic rings. The molecule has 4 nitrogen and oxygen atoms in total. The number of likely N-dealkylation sites (N-methyl/N-ethyl adjacent to an activating group) is 1. The van der Waals surface area contributed by atoms with Gasteiger partial charge in [0.1, 0.15) is 17.9 Å². The van der Waals surface area contributed by atoms with Crippen molar-refractivity contribution in [1.29, 1.82) is 5.26 Å². The molecule has 2 N–H and O–H groups in total. The number of nitriles is 1. The zero-order valence-corrected chi connectivity index (χ0v) is 10.5. The summed E-state index contributed by atoms with van der Waals surface area (Å²) < 4.78 is 5.69. The Morgan fingerprint density at radius 1 is 1.44 bits per heavy atom. The molecule has 1 unspecified atom stereocenters. The van der Waals surface area contributed by atoms with Crippen molar-refractivity contribution in [2.75, 3.05) is 13.7 Å². The Morgan fingerprint density at radius 2 is 2.11 bits per heavy atom. The fourth-order valence-corrected chi connectivity index (χ4v) is 2.04. The molecule has 1 aromatic rings. The predicted octanol–water partition coefficient (Wildman–Crippen LogP) is 1.45. The molecule has 0 aliphatic heterocycles. The second-order valence-corrected chi connectivity index (χ2v) is 4.70. The van der Waals surface area contributed by atoms with Crippen molar-refractivity contribution in [3.63, 3.8) is 0 Å². The van der Waals surface area contributed by atoms with Gasteiger partial charge in [-0.3, -0.25) is 5.32 Å². The quantitative estimate of drug-likeness (QED) is 0.797. The smallest absolute Gasteiger partial charge is 0.143 e. The van der Waals surface area contributed by atoms with Crippen LogP contribution in [0.1, 0.15) is 18.4 Å². The monoisotopic (exact) mass is 246 g/mol. The molecule has 0 radical (unpaired) electrons. The molecule has 0 spiro atoms. The van der Waals surface area contributed by atoms with E-state index in [0.717, 1.165) is 24.2 Å². The molecule has 1 aromatic carbocycles. The first kappa shape index (κ1) is 12.9. The first-order valence-electron chi connectivity index (χ1n) is 6.17. The highest BCUT2D eigenvalue weighted by atomic mass is 16.5. The minimum Gasteiger partial charge on any atom is -0.491 e. The van der Waals surface area contributed by atoms with E-state index in [0.29, 0.717) is 12.5 Å². The zero-order chi connectivity index (χ0) is 13.0. The van der Waals surface area contributed by atoms with Crippen LogP contribution in [0, 0.1) is 17.2 Å². The number of hydrogen-bond donors (Lipinski definition) is 2. The molecular weight excluding hydrogens is 228 g/mol. The van der Waals surface area contributed by atoms with Gasteiger partial charge in [0.25, 0.3) is 0 Å². The van der Waals surface area contributed by atoms with Crippen molar-refractivity contribution in [1.82, 2.24) is 5.32 Å². The van der Waals surface area contributed by atoms with Gasteiger partial charge in [0, 0.05) is 0 Å². The number of nitrogens with one attached hydrogen (secondary N) is 1. The third-order valence-corrected chi connectivity index (χ3v) is 3.49. The van der Waals surface area contributed by atoms with E-state index in [1.807, 2.05) is 24.3 Å². The first-order valence-corrected chi connectivity index (χ1v) is 6.17. The van der Waals surface area contributed by atoms with Crippen LogP contribution in [0.15, 0.2) is 24.3 Å². The Hall–Kier alpha value is -1.57. The van der Waals surface area contributed by atoms with Gasteiger partial charge in [-0.25, -0.2) is 0 Å². The summed E-state index contributed by atoms with van der Waals surface area (Å²) in [5, 5.41) is 21.4. The van der Waals surface area contributed by atoms with Crippen molar-refractivity contribution >= 4 is 0 Å². The lowest BCUT2D eigenvalue weighted by molar-refractivity contribution is 0.210. The normalized spacial score (nSPS) is 17.8. The second-order valence-electron chi connectivity index (χ2n) is 4.70. The molecule has 0 saturated heterocycles. The zero-order valence-electron chi connectivity index (χ0n) is 10.5. The molecule has 2 rings (SSSR count). The maximum Gasteiger partial charge on any atom is 0.143 e. The van der Waals surface area contributed by atoms with E-state index in [1.165, 1.54) is 0 Å². The van der Waals surface area contributed by atoms with E-state index in [2.05, 4.69) is 11.4 Å². The number of aliphatic hydroxyl groups excluding tert-OH is 1. The molecule has 1 atom stereocenters. The molecule has 4 heteroatoms. The Morgan fingerprint density at radius 3 is 2.56 bits per heavy atom. The van der Waals surface area contributed by atoms with Gasteiger partial charge in [-0.05, 0) is 43.5 Å². The van der Waals surface area contributed by atoms with Crippen LogP contribution >= 0.6 is 0 Å². The van der Waals surface area contributed by atoms with Gasteiger partial charge in [-0.2, -0.15) is 5.26 Å². The van der Waals surface area contributed by atoms with E-state index >= 15 is 0 Å². The number of rotatable bonds is 6. The van der Waals surface area contributed by atoms with Crippen LogP contribution in [0.4, 0.5) is 0 Å². The molecule has 0 heterocycles. The van der Waals surface area contributed by atoms with Crippen LogP contribution in [0.2, 0.25) is 0 Å². The summed E-state index contributed by atoms with van der Waals surface area (Å²) >= 11 is 0. The summed E-state index contributed by atoms with van der Waals surface area (Å²) in [6, 6.07) is 9.61. The highest BCUT2D eigenvalue weighted by molar-refractivity contribution is 5.27. The van der Waals surface area contributed by atoms with Gasteiger partial charge < -0.3 is 9.84 Å². The number of aliphatic hydroxyl groups is 1. The van der Waals surface area contributed by atoms with E-state index in [1.54, 1.807) is 7.05 Å². The van der Waals surface area contributed by atoms with Gasteiger partial charge in [0.2, 0.25) is 0 Å². The lowest BCUT2D eigenvalue weighted by atomic mass is 9.96. The summed E-state index contributed by atoms with van der Waals surface area (Å²) in [6.45, 7) is 0.379. The van der Waals surface area contributed by atoms with E-state index in [-0.39, 0.29) is 6.61 Å². The average Bonchev–Trinajstić information content (AvgIpc) is 3.26. The SMILES string of the molecule is CNC(C#N)(COc1ccc(CO)cc1)C1CC1. The van der Waals surface area contributed by atoms with Crippen LogP contribution < -0.4 is 10.1 Å². The van der Waals surface area contributed by atoms with Crippen LogP contribution in [-0.2, 0) is 6.61 Å². The molecule has 0 aromatic heterocycles. The summed E-state index contributed by atoms with van der Waals surface area (Å²) in [6.07, 6.45) is 2.17. The average molecular weight is 246 g/mol. The largest absolute Gasteiger partial charge is 0.491 e. The highest BCUT2D eigenvalue weighted by Crippen LogP contribution is 2.39. The number of ether oxygens (including phenoxy) is 1. The first-order chi connectivity index (χ1) is 8.74. The van der Waals surface area contributed by atoms with E-state index < -0.39 is 5.54 Å². The molecule has 18 heavy (non-hydrogen) atoms. The van der Waals surface area contributed by atoms with Crippen molar-refractivity contribution in [2.24, 2.45) is 5.92 Å². The van der Waals surface area contributed by atoms with Crippen LogP contribution in [-0.4, -0.2) is 24.3 Å². The summed E-state index contributed by atoms with van der Waals surface area (Å²) in [4.78, 5) is 0. The van der Waals surface area contributed by atoms with Crippen molar-refractivity contribution < 1.29 is 9.84 Å². The Kier molecular flexibility index (Phi) is 3.85. The van der Waals surface area contributed by atoms with Crippen LogP contribution in [0.5, 0.6) is 5.75 Å². The molecule has 1 fully saturated rings. The molecular formula is C14H18N2O2. The standard InChI is InChI=1S/C14H18N2O2/c1-16-14(9-15,12-4-5-12)10-18-13-6-2-11(8-17)3-7-13/h2-3,6-7,12,16-17H,4-5,8,10H2,1H3. The van der Waals surface area contributed by atoms with Crippen LogP contribution in [0.3, 0.4) is 0 Å². The lowest BCUT2D eigenvalue weighted by Crippen LogP contribution is -2.49.